The first-order valence-corrected chi connectivity index (χ1v) is 10.1. The highest BCUT2D eigenvalue weighted by Crippen LogP contribution is 2.36. The molecule has 3 aromatic rings. The van der Waals surface area contributed by atoms with Gasteiger partial charge in [-0.25, -0.2) is 9.97 Å². The fourth-order valence-corrected chi connectivity index (χ4v) is 4.81. The van der Waals surface area contributed by atoms with Gasteiger partial charge < -0.3 is 14.0 Å². The highest BCUT2D eigenvalue weighted by Gasteiger charge is 2.38. The molecule has 4 heterocycles. The molecule has 1 aromatic carbocycles. The Kier molecular flexibility index (Phi) is 4.72. The summed E-state index contributed by atoms with van der Waals surface area (Å²) in [6.45, 7) is 4.12. The maximum Gasteiger partial charge on any atom is 0.217 e. The van der Waals surface area contributed by atoms with E-state index in [2.05, 4.69) is 32.7 Å². The van der Waals surface area contributed by atoms with Crippen molar-refractivity contribution in [3.63, 3.8) is 0 Å². The lowest BCUT2D eigenvalue weighted by Gasteiger charge is -2.27. The van der Waals surface area contributed by atoms with E-state index in [4.69, 9.17) is 14.5 Å². The first-order chi connectivity index (χ1) is 14.2. The summed E-state index contributed by atoms with van der Waals surface area (Å²) < 4.78 is 13.1. The molecule has 29 heavy (non-hydrogen) atoms. The molecule has 0 spiro atoms. The molecule has 1 fully saturated rings. The zero-order valence-electron chi connectivity index (χ0n) is 16.9. The number of nitrogens with zero attached hydrogens (tertiary/aromatic N) is 4. The fraction of sp³-hybridized carbons (Fsp3) is 0.391. The maximum absolute atomic E-state index is 5.43. The third kappa shape index (κ3) is 3.38. The summed E-state index contributed by atoms with van der Waals surface area (Å²) in [6, 6.07) is 12.4. The smallest absolute Gasteiger partial charge is 0.217 e. The summed E-state index contributed by atoms with van der Waals surface area (Å²) in [6.07, 6.45) is 4.85. The number of fused-ring (bicyclic) bond motifs is 2. The number of pyridine rings is 1. The van der Waals surface area contributed by atoms with Crippen LogP contribution in [0.1, 0.15) is 11.4 Å². The van der Waals surface area contributed by atoms with E-state index in [0.29, 0.717) is 11.8 Å². The predicted molar refractivity (Wildman–Crippen MR) is 111 cm³/mol. The van der Waals surface area contributed by atoms with Gasteiger partial charge in [-0.15, -0.1) is 0 Å². The van der Waals surface area contributed by atoms with E-state index in [1.54, 1.807) is 20.4 Å². The fourth-order valence-electron chi connectivity index (χ4n) is 4.81. The Hall–Kier alpha value is -2.86. The minimum absolute atomic E-state index is 0.649. The molecule has 0 radical (unpaired) electrons. The molecular weight excluding hydrogens is 364 g/mol. The summed E-state index contributed by atoms with van der Waals surface area (Å²) >= 11 is 0. The number of imidazole rings is 1. The first kappa shape index (κ1) is 18.2. The molecule has 5 rings (SSSR count). The molecule has 0 amide bonds. The van der Waals surface area contributed by atoms with Crippen molar-refractivity contribution in [1.82, 2.24) is 19.4 Å². The maximum atomic E-state index is 5.43. The third-order valence-corrected chi connectivity index (χ3v) is 6.28. The minimum Gasteiger partial charge on any atom is -0.497 e. The number of benzene rings is 1. The van der Waals surface area contributed by atoms with Crippen LogP contribution < -0.4 is 9.47 Å². The predicted octanol–water partition coefficient (Wildman–Crippen LogP) is 3.27. The van der Waals surface area contributed by atoms with Gasteiger partial charge in [-0.3, -0.25) is 4.90 Å². The molecule has 0 aliphatic carbocycles. The van der Waals surface area contributed by atoms with Gasteiger partial charge in [0.05, 0.1) is 26.1 Å². The lowest BCUT2D eigenvalue weighted by molar-refractivity contribution is 0.299. The zero-order valence-corrected chi connectivity index (χ0v) is 16.9. The second-order valence-electron chi connectivity index (χ2n) is 7.99. The van der Waals surface area contributed by atoms with Crippen LogP contribution in [0, 0.1) is 11.8 Å². The number of methoxy groups -OCH3 is 2. The summed E-state index contributed by atoms with van der Waals surface area (Å²) in [5.41, 5.74) is 3.55. The average molecular weight is 390 g/mol. The number of hydrogen-bond donors (Lipinski definition) is 0. The van der Waals surface area contributed by atoms with Crippen molar-refractivity contribution in [2.45, 2.75) is 19.5 Å². The van der Waals surface area contributed by atoms with E-state index in [0.717, 1.165) is 49.8 Å². The van der Waals surface area contributed by atoms with Gasteiger partial charge in [0.2, 0.25) is 5.88 Å². The van der Waals surface area contributed by atoms with Gasteiger partial charge in [-0.05, 0) is 42.2 Å². The van der Waals surface area contributed by atoms with Crippen molar-refractivity contribution < 1.29 is 9.47 Å². The summed E-state index contributed by atoms with van der Waals surface area (Å²) in [5, 5.41) is 0. The molecule has 2 aromatic heterocycles. The molecule has 0 bridgehead atoms. The summed E-state index contributed by atoms with van der Waals surface area (Å²) in [5.74, 6) is 4.13. The van der Waals surface area contributed by atoms with Crippen molar-refractivity contribution in [2.24, 2.45) is 11.8 Å². The Morgan fingerprint density at radius 3 is 2.59 bits per heavy atom. The van der Waals surface area contributed by atoms with E-state index in [9.17, 15) is 0 Å². The van der Waals surface area contributed by atoms with Gasteiger partial charge in [0.1, 0.15) is 11.6 Å². The highest BCUT2D eigenvalue weighted by atomic mass is 16.5. The SMILES string of the molecule is COc1ccc(-c2cnc3n2C[C@H]2CN(Cc4cccnc4OC)C[C@H]2C3)cc1. The van der Waals surface area contributed by atoms with E-state index in [1.807, 2.05) is 24.4 Å². The van der Waals surface area contributed by atoms with Crippen LogP contribution in [0.2, 0.25) is 0 Å². The van der Waals surface area contributed by atoms with Gasteiger partial charge in [-0.1, -0.05) is 6.07 Å². The average Bonchev–Trinajstić information content (AvgIpc) is 3.35. The number of rotatable bonds is 5. The molecule has 0 unspecified atom stereocenters. The molecule has 0 N–H and O–H groups in total. The van der Waals surface area contributed by atoms with E-state index in [1.165, 1.54) is 17.1 Å². The Balaban J connectivity index is 1.33. The van der Waals surface area contributed by atoms with Gasteiger partial charge in [0.15, 0.2) is 0 Å². The zero-order chi connectivity index (χ0) is 19.8. The summed E-state index contributed by atoms with van der Waals surface area (Å²) in [4.78, 5) is 11.6. The van der Waals surface area contributed by atoms with Gasteiger partial charge in [0.25, 0.3) is 0 Å². The van der Waals surface area contributed by atoms with E-state index >= 15 is 0 Å². The van der Waals surface area contributed by atoms with Crippen LogP contribution in [-0.4, -0.2) is 46.7 Å². The van der Waals surface area contributed by atoms with Crippen LogP contribution in [0.4, 0.5) is 0 Å². The second-order valence-corrected chi connectivity index (χ2v) is 7.99. The van der Waals surface area contributed by atoms with Crippen LogP contribution in [-0.2, 0) is 19.5 Å². The van der Waals surface area contributed by atoms with Gasteiger partial charge in [-0.2, -0.15) is 0 Å². The molecule has 150 valence electrons. The normalized spacial score (nSPS) is 20.9. The van der Waals surface area contributed by atoms with Crippen LogP contribution >= 0.6 is 0 Å². The quantitative estimate of drug-likeness (QED) is 0.669. The Bertz CT molecular complexity index is 998. The van der Waals surface area contributed by atoms with Gasteiger partial charge >= 0.3 is 0 Å². The third-order valence-electron chi connectivity index (χ3n) is 6.28. The van der Waals surface area contributed by atoms with Crippen LogP contribution in [0.5, 0.6) is 11.6 Å². The van der Waals surface area contributed by atoms with Crippen LogP contribution in [0.25, 0.3) is 11.3 Å². The topological polar surface area (TPSA) is 52.4 Å². The largest absolute Gasteiger partial charge is 0.497 e. The van der Waals surface area contributed by atoms with Crippen molar-refractivity contribution in [1.29, 1.82) is 0 Å². The Morgan fingerprint density at radius 2 is 1.79 bits per heavy atom. The Morgan fingerprint density at radius 1 is 0.966 bits per heavy atom. The summed E-state index contributed by atoms with van der Waals surface area (Å²) in [7, 11) is 3.39. The molecule has 6 nitrogen and oxygen atoms in total. The first-order valence-electron chi connectivity index (χ1n) is 10.1. The number of aromatic nitrogens is 3. The Labute approximate surface area is 171 Å². The molecule has 0 saturated carbocycles. The van der Waals surface area contributed by atoms with Crippen molar-refractivity contribution in [2.75, 3.05) is 27.3 Å². The van der Waals surface area contributed by atoms with E-state index in [-0.39, 0.29) is 0 Å². The molecular formula is C23H26N4O2. The molecule has 1 saturated heterocycles. The highest BCUT2D eigenvalue weighted by molar-refractivity contribution is 5.60. The second kappa shape index (κ2) is 7.52. The number of hydrogen-bond acceptors (Lipinski definition) is 5. The van der Waals surface area contributed by atoms with Crippen LogP contribution in [0.15, 0.2) is 48.8 Å². The molecule has 2 atom stereocenters. The van der Waals surface area contributed by atoms with Crippen molar-refractivity contribution in [3.05, 3.63) is 60.2 Å². The standard InChI is InChI=1S/C23H26N4O2/c1-28-20-7-5-16(6-8-20)21-11-25-22-10-18-13-26(14-19(18)15-27(21)22)12-17-4-3-9-24-23(17)29-2/h3-9,11,18-19H,10,12-15H2,1-2H3/t18-,19-/m1/s1. The molecule has 2 aliphatic heterocycles. The minimum atomic E-state index is 0.649. The van der Waals surface area contributed by atoms with Crippen molar-refractivity contribution >= 4 is 0 Å². The van der Waals surface area contributed by atoms with Gasteiger partial charge in [0, 0.05) is 49.9 Å². The van der Waals surface area contributed by atoms with Crippen molar-refractivity contribution in [3.8, 4) is 22.9 Å². The number of likely N-dealkylation sites (tertiary alicyclic amines) is 1. The molecule has 6 heteroatoms. The molecule has 2 aliphatic rings. The monoisotopic (exact) mass is 390 g/mol. The lowest BCUT2D eigenvalue weighted by atomic mass is 9.89. The lowest BCUT2D eigenvalue weighted by Crippen LogP contribution is -2.28. The number of ether oxygens (including phenoxy) is 2. The van der Waals surface area contributed by atoms with Crippen LogP contribution in [0.3, 0.4) is 0 Å². The van der Waals surface area contributed by atoms with E-state index < -0.39 is 0 Å².